The van der Waals surface area contributed by atoms with E-state index in [1.807, 2.05) is 19.1 Å². The number of hydrogen-bond donors (Lipinski definition) is 1. The summed E-state index contributed by atoms with van der Waals surface area (Å²) in [7, 11) is 0. The number of nitrogen functional groups attached to an aromatic ring is 1. The van der Waals surface area contributed by atoms with E-state index in [-0.39, 0.29) is 0 Å². The molecule has 2 N–H and O–H groups in total. The molecule has 0 unspecified atom stereocenters. The molecule has 1 aromatic carbocycles. The van der Waals surface area contributed by atoms with Gasteiger partial charge in [0, 0.05) is 13.1 Å². The van der Waals surface area contributed by atoms with Gasteiger partial charge in [-0.3, -0.25) is 0 Å². The Labute approximate surface area is 123 Å². The van der Waals surface area contributed by atoms with Gasteiger partial charge in [-0.1, -0.05) is 32.8 Å². The lowest BCUT2D eigenvalue weighted by molar-refractivity contribution is 0.199. The number of benzene rings is 1. The minimum Gasteiger partial charge on any atom is -0.492 e. The molecule has 1 saturated heterocycles. The maximum absolute atomic E-state index is 6.27. The van der Waals surface area contributed by atoms with Crippen molar-refractivity contribution in [1.82, 2.24) is 0 Å². The normalized spacial score (nSPS) is 18.1. The number of rotatable bonds is 5. The van der Waals surface area contributed by atoms with Crippen molar-refractivity contribution in [2.45, 2.75) is 46.5 Å². The molecule has 0 aliphatic carbocycles. The van der Waals surface area contributed by atoms with Gasteiger partial charge in [0.1, 0.15) is 5.75 Å². The van der Waals surface area contributed by atoms with Crippen LogP contribution in [0.25, 0.3) is 0 Å². The summed E-state index contributed by atoms with van der Waals surface area (Å²) in [6.45, 7) is 9.49. The average molecular weight is 276 g/mol. The molecule has 3 heteroatoms. The molecule has 2 rings (SSSR count). The molecule has 0 bridgehead atoms. The first-order valence-electron chi connectivity index (χ1n) is 7.92. The number of anilines is 2. The smallest absolute Gasteiger partial charge is 0.144 e. The first kappa shape index (κ1) is 15.0. The second kappa shape index (κ2) is 6.38. The molecule has 0 amide bonds. The zero-order valence-electron chi connectivity index (χ0n) is 13.1. The minimum atomic E-state index is 0.544. The third-order valence-corrected chi connectivity index (χ3v) is 5.01. The van der Waals surface area contributed by atoms with Crippen LogP contribution < -0.4 is 15.4 Å². The second-order valence-electron chi connectivity index (χ2n) is 5.82. The Balaban J connectivity index is 2.13. The highest BCUT2D eigenvalue weighted by molar-refractivity contribution is 5.74. The Morgan fingerprint density at radius 1 is 1.15 bits per heavy atom. The average Bonchev–Trinajstić information content (AvgIpc) is 2.50. The predicted molar refractivity (Wildman–Crippen MR) is 86.5 cm³/mol. The van der Waals surface area contributed by atoms with Gasteiger partial charge in [-0.15, -0.1) is 0 Å². The van der Waals surface area contributed by atoms with Gasteiger partial charge >= 0.3 is 0 Å². The van der Waals surface area contributed by atoms with E-state index in [1.54, 1.807) is 0 Å². The molecule has 1 heterocycles. The van der Waals surface area contributed by atoms with Crippen molar-refractivity contribution >= 4 is 11.4 Å². The lowest BCUT2D eigenvalue weighted by atomic mass is 9.74. The molecule has 0 radical (unpaired) electrons. The molecule has 112 valence electrons. The standard InChI is InChI=1S/C17H28N2O/c1-4-17(5-2)10-12-19(13-11-17)14-8-7-9-15(16(14)18)20-6-3/h7-9H,4-6,10-13,18H2,1-3H3. The SMILES string of the molecule is CCOc1cccc(N2CCC(CC)(CC)CC2)c1N. The van der Waals surface area contributed by atoms with Crippen LogP contribution in [0, 0.1) is 5.41 Å². The van der Waals surface area contributed by atoms with Gasteiger partial charge in [0.25, 0.3) is 0 Å². The number of hydrogen-bond acceptors (Lipinski definition) is 3. The molecule has 0 aromatic heterocycles. The van der Waals surface area contributed by atoms with E-state index >= 15 is 0 Å². The lowest BCUT2D eigenvalue weighted by Crippen LogP contribution is -2.39. The van der Waals surface area contributed by atoms with Crippen molar-refractivity contribution < 1.29 is 4.74 Å². The number of ether oxygens (including phenoxy) is 1. The quantitative estimate of drug-likeness (QED) is 0.824. The Morgan fingerprint density at radius 2 is 1.80 bits per heavy atom. The molecule has 1 aliphatic heterocycles. The highest BCUT2D eigenvalue weighted by Gasteiger charge is 2.31. The van der Waals surface area contributed by atoms with E-state index in [4.69, 9.17) is 10.5 Å². The summed E-state index contributed by atoms with van der Waals surface area (Å²) in [5, 5.41) is 0. The third-order valence-electron chi connectivity index (χ3n) is 5.01. The molecule has 1 aromatic rings. The van der Waals surface area contributed by atoms with Crippen LogP contribution in [0.1, 0.15) is 46.5 Å². The van der Waals surface area contributed by atoms with Gasteiger partial charge in [0.2, 0.25) is 0 Å². The molecule has 0 spiro atoms. The van der Waals surface area contributed by atoms with Crippen molar-refractivity contribution in [1.29, 1.82) is 0 Å². The van der Waals surface area contributed by atoms with Gasteiger partial charge in [0.05, 0.1) is 18.0 Å². The monoisotopic (exact) mass is 276 g/mol. The number of para-hydroxylation sites is 1. The van der Waals surface area contributed by atoms with E-state index < -0.39 is 0 Å². The van der Waals surface area contributed by atoms with E-state index in [0.29, 0.717) is 12.0 Å². The van der Waals surface area contributed by atoms with Crippen molar-refractivity contribution in [2.75, 3.05) is 30.3 Å². The molecule has 1 fully saturated rings. The van der Waals surface area contributed by atoms with Gasteiger partial charge in [-0.05, 0) is 37.3 Å². The van der Waals surface area contributed by atoms with Crippen LogP contribution in [-0.2, 0) is 0 Å². The van der Waals surface area contributed by atoms with Gasteiger partial charge < -0.3 is 15.4 Å². The minimum absolute atomic E-state index is 0.544. The summed E-state index contributed by atoms with van der Waals surface area (Å²) in [6, 6.07) is 6.11. The van der Waals surface area contributed by atoms with Crippen LogP contribution in [0.15, 0.2) is 18.2 Å². The zero-order valence-corrected chi connectivity index (χ0v) is 13.1. The zero-order chi connectivity index (χ0) is 14.6. The molecular weight excluding hydrogens is 248 g/mol. The first-order chi connectivity index (χ1) is 9.65. The highest BCUT2D eigenvalue weighted by atomic mass is 16.5. The summed E-state index contributed by atoms with van der Waals surface area (Å²) in [5.41, 5.74) is 8.73. The summed E-state index contributed by atoms with van der Waals surface area (Å²) < 4.78 is 5.60. The summed E-state index contributed by atoms with van der Waals surface area (Å²) in [6.07, 6.45) is 5.09. The fourth-order valence-corrected chi connectivity index (χ4v) is 3.27. The molecule has 1 aliphatic rings. The maximum Gasteiger partial charge on any atom is 0.144 e. The Bertz CT molecular complexity index is 431. The van der Waals surface area contributed by atoms with Crippen molar-refractivity contribution in [3.05, 3.63) is 18.2 Å². The second-order valence-corrected chi connectivity index (χ2v) is 5.82. The summed E-state index contributed by atoms with van der Waals surface area (Å²) in [4.78, 5) is 2.42. The van der Waals surface area contributed by atoms with Crippen LogP contribution in [-0.4, -0.2) is 19.7 Å². The fraction of sp³-hybridized carbons (Fsp3) is 0.647. The van der Waals surface area contributed by atoms with Crippen LogP contribution in [0.4, 0.5) is 11.4 Å². The van der Waals surface area contributed by atoms with Crippen molar-refractivity contribution in [3.8, 4) is 5.75 Å². The van der Waals surface area contributed by atoms with Crippen LogP contribution >= 0.6 is 0 Å². The fourth-order valence-electron chi connectivity index (χ4n) is 3.27. The van der Waals surface area contributed by atoms with E-state index in [1.165, 1.54) is 25.7 Å². The van der Waals surface area contributed by atoms with Gasteiger partial charge in [-0.25, -0.2) is 0 Å². The molecule has 20 heavy (non-hydrogen) atoms. The van der Waals surface area contributed by atoms with Crippen molar-refractivity contribution in [2.24, 2.45) is 5.41 Å². The lowest BCUT2D eigenvalue weighted by Gasteiger charge is -2.42. The van der Waals surface area contributed by atoms with Crippen molar-refractivity contribution in [3.63, 3.8) is 0 Å². The Hall–Kier alpha value is -1.38. The van der Waals surface area contributed by atoms with Gasteiger partial charge in [0.15, 0.2) is 0 Å². The van der Waals surface area contributed by atoms with E-state index in [0.717, 1.165) is 30.2 Å². The van der Waals surface area contributed by atoms with E-state index in [2.05, 4.69) is 24.8 Å². The first-order valence-corrected chi connectivity index (χ1v) is 7.92. The van der Waals surface area contributed by atoms with Crippen LogP contribution in [0.3, 0.4) is 0 Å². The molecule has 0 saturated carbocycles. The molecular formula is C17H28N2O. The maximum atomic E-state index is 6.27. The van der Waals surface area contributed by atoms with Gasteiger partial charge in [-0.2, -0.15) is 0 Å². The third kappa shape index (κ3) is 2.87. The molecule has 3 nitrogen and oxygen atoms in total. The number of nitrogens with zero attached hydrogens (tertiary/aromatic N) is 1. The molecule has 0 atom stereocenters. The Morgan fingerprint density at radius 3 is 2.35 bits per heavy atom. The number of nitrogens with two attached hydrogens (primary N) is 1. The number of piperidine rings is 1. The predicted octanol–water partition coefficient (Wildman–Crippen LogP) is 4.07. The largest absolute Gasteiger partial charge is 0.492 e. The summed E-state index contributed by atoms with van der Waals surface area (Å²) >= 11 is 0. The van der Waals surface area contributed by atoms with Crippen LogP contribution in [0.5, 0.6) is 5.75 Å². The topological polar surface area (TPSA) is 38.5 Å². The highest BCUT2D eigenvalue weighted by Crippen LogP contribution is 2.41. The van der Waals surface area contributed by atoms with Crippen LogP contribution in [0.2, 0.25) is 0 Å². The summed E-state index contributed by atoms with van der Waals surface area (Å²) in [5.74, 6) is 0.813. The van der Waals surface area contributed by atoms with E-state index in [9.17, 15) is 0 Å². The Kier molecular flexibility index (Phi) is 4.79.